The predicted molar refractivity (Wildman–Crippen MR) is 76.4 cm³/mol. The van der Waals surface area contributed by atoms with Crippen molar-refractivity contribution >= 4 is 17.4 Å². The third kappa shape index (κ3) is 3.14. The van der Waals surface area contributed by atoms with Gasteiger partial charge in [-0.15, -0.1) is 5.10 Å². The highest BCUT2D eigenvalue weighted by atomic mass is 32.1. The van der Waals surface area contributed by atoms with Crippen molar-refractivity contribution in [3.05, 3.63) is 10.6 Å². The van der Waals surface area contributed by atoms with Crippen molar-refractivity contribution in [3.8, 4) is 6.07 Å². The zero-order valence-corrected chi connectivity index (χ0v) is 12.7. The van der Waals surface area contributed by atoms with Crippen molar-refractivity contribution in [1.29, 1.82) is 5.26 Å². The average molecular weight is 293 g/mol. The number of nitriles is 1. The van der Waals surface area contributed by atoms with E-state index in [9.17, 15) is 10.1 Å². The minimum atomic E-state index is -0.753. The van der Waals surface area contributed by atoms with Gasteiger partial charge < -0.3 is 10.2 Å². The van der Waals surface area contributed by atoms with Crippen LogP contribution in [0.5, 0.6) is 0 Å². The van der Waals surface area contributed by atoms with Gasteiger partial charge in [0.2, 0.25) is 0 Å². The molecule has 0 atom stereocenters. The van der Waals surface area contributed by atoms with Crippen LogP contribution in [-0.2, 0) is 6.42 Å². The maximum Gasteiger partial charge on any atom is 0.266 e. The summed E-state index contributed by atoms with van der Waals surface area (Å²) in [7, 11) is 2.02. The predicted octanol–water partition coefficient (Wildman–Crippen LogP) is 1.21. The van der Waals surface area contributed by atoms with E-state index >= 15 is 0 Å². The van der Waals surface area contributed by atoms with Crippen LogP contribution in [0.3, 0.4) is 0 Å². The van der Waals surface area contributed by atoms with E-state index < -0.39 is 5.54 Å². The Hall–Kier alpha value is -1.52. The SMILES string of the molecule is CCCc1nnsc1C(=O)NC1(C#N)CCN(C)CC1. The molecule has 6 nitrogen and oxygen atoms in total. The summed E-state index contributed by atoms with van der Waals surface area (Å²) in [5, 5.41) is 16.3. The fraction of sp³-hybridized carbons (Fsp3) is 0.692. The standard InChI is InChI=1S/C13H19N5OS/c1-3-4-10-11(20-17-16-10)12(19)15-13(9-14)5-7-18(2)8-6-13/h3-8H2,1-2H3,(H,15,19). The molecule has 1 aromatic heterocycles. The number of nitrogens with one attached hydrogen (secondary N) is 1. The molecule has 1 saturated heterocycles. The molecule has 1 N–H and O–H groups in total. The van der Waals surface area contributed by atoms with Crippen molar-refractivity contribution < 1.29 is 4.79 Å². The Labute approximate surface area is 122 Å². The lowest BCUT2D eigenvalue weighted by atomic mass is 9.89. The third-order valence-electron chi connectivity index (χ3n) is 3.66. The highest BCUT2D eigenvalue weighted by Crippen LogP contribution is 2.22. The molecule has 0 bridgehead atoms. The highest BCUT2D eigenvalue weighted by Gasteiger charge is 2.36. The quantitative estimate of drug-likeness (QED) is 0.902. The number of carbonyl (C=O) groups is 1. The summed E-state index contributed by atoms with van der Waals surface area (Å²) in [6.45, 7) is 3.67. The second-order valence-electron chi connectivity index (χ2n) is 5.25. The maximum absolute atomic E-state index is 12.4. The number of aryl methyl sites for hydroxylation is 1. The smallest absolute Gasteiger partial charge is 0.266 e. The number of hydrogen-bond donors (Lipinski definition) is 1. The first-order valence-electron chi connectivity index (χ1n) is 6.84. The van der Waals surface area contributed by atoms with Crippen molar-refractivity contribution in [2.75, 3.05) is 20.1 Å². The number of aromatic nitrogens is 2. The zero-order valence-electron chi connectivity index (χ0n) is 11.8. The minimum Gasteiger partial charge on any atom is -0.333 e. The van der Waals surface area contributed by atoms with Crippen molar-refractivity contribution in [1.82, 2.24) is 19.8 Å². The van der Waals surface area contributed by atoms with E-state index in [0.29, 0.717) is 17.7 Å². The lowest BCUT2D eigenvalue weighted by Crippen LogP contribution is -2.53. The molecule has 20 heavy (non-hydrogen) atoms. The van der Waals surface area contributed by atoms with E-state index in [1.807, 2.05) is 14.0 Å². The van der Waals surface area contributed by atoms with Gasteiger partial charge in [0.1, 0.15) is 10.4 Å². The molecule has 7 heteroatoms. The molecular weight excluding hydrogens is 274 g/mol. The molecule has 0 radical (unpaired) electrons. The summed E-state index contributed by atoms with van der Waals surface area (Å²) in [4.78, 5) is 15.1. The van der Waals surface area contributed by atoms with Gasteiger partial charge in [-0.3, -0.25) is 4.79 Å². The Balaban J connectivity index is 2.10. The maximum atomic E-state index is 12.4. The number of rotatable bonds is 4. The molecule has 1 amide bonds. The van der Waals surface area contributed by atoms with Gasteiger partial charge in [0, 0.05) is 13.1 Å². The van der Waals surface area contributed by atoms with Crippen LogP contribution in [0.1, 0.15) is 41.6 Å². The van der Waals surface area contributed by atoms with Gasteiger partial charge in [0.25, 0.3) is 5.91 Å². The summed E-state index contributed by atoms with van der Waals surface area (Å²) in [6, 6.07) is 2.29. The van der Waals surface area contributed by atoms with Gasteiger partial charge in [-0.1, -0.05) is 17.8 Å². The van der Waals surface area contributed by atoms with Crippen LogP contribution in [0.4, 0.5) is 0 Å². The highest BCUT2D eigenvalue weighted by molar-refractivity contribution is 7.08. The van der Waals surface area contributed by atoms with Crippen molar-refractivity contribution in [2.24, 2.45) is 0 Å². The molecule has 1 aromatic rings. The molecule has 1 fully saturated rings. The molecule has 108 valence electrons. The van der Waals surface area contributed by atoms with Crippen LogP contribution >= 0.6 is 11.5 Å². The molecular formula is C13H19N5OS. The molecule has 0 aliphatic carbocycles. The van der Waals surface area contributed by atoms with Crippen LogP contribution in [0, 0.1) is 11.3 Å². The number of likely N-dealkylation sites (tertiary alicyclic amines) is 1. The fourth-order valence-corrected chi connectivity index (χ4v) is 2.92. The second kappa shape index (κ2) is 6.29. The Morgan fingerprint density at radius 1 is 1.55 bits per heavy atom. The number of amides is 1. The molecule has 0 unspecified atom stereocenters. The minimum absolute atomic E-state index is 0.213. The van der Waals surface area contributed by atoms with Gasteiger partial charge in [0.05, 0.1) is 11.8 Å². The summed E-state index contributed by atoms with van der Waals surface area (Å²) < 4.78 is 3.86. The van der Waals surface area contributed by atoms with E-state index in [1.165, 1.54) is 0 Å². The van der Waals surface area contributed by atoms with E-state index in [4.69, 9.17) is 0 Å². The van der Waals surface area contributed by atoms with Gasteiger partial charge in [-0.05, 0) is 37.8 Å². The van der Waals surface area contributed by atoms with Crippen LogP contribution in [-0.4, -0.2) is 46.1 Å². The van der Waals surface area contributed by atoms with Gasteiger partial charge >= 0.3 is 0 Å². The number of hydrogen-bond acceptors (Lipinski definition) is 6. The Kier molecular flexibility index (Phi) is 4.68. The lowest BCUT2D eigenvalue weighted by Gasteiger charge is -2.35. The zero-order chi connectivity index (χ0) is 14.6. The first-order chi connectivity index (χ1) is 9.60. The van der Waals surface area contributed by atoms with E-state index in [1.54, 1.807) is 0 Å². The molecule has 2 heterocycles. The topological polar surface area (TPSA) is 81.9 Å². The molecule has 2 rings (SSSR count). The largest absolute Gasteiger partial charge is 0.333 e. The third-order valence-corrected chi connectivity index (χ3v) is 4.42. The van der Waals surface area contributed by atoms with Gasteiger partial charge in [0.15, 0.2) is 0 Å². The van der Waals surface area contributed by atoms with Crippen molar-refractivity contribution in [2.45, 2.75) is 38.1 Å². The van der Waals surface area contributed by atoms with E-state index in [-0.39, 0.29) is 5.91 Å². The van der Waals surface area contributed by atoms with Crippen LogP contribution in [0.2, 0.25) is 0 Å². The fourth-order valence-electron chi connectivity index (χ4n) is 2.32. The molecule has 0 saturated carbocycles. The lowest BCUT2D eigenvalue weighted by molar-refractivity contribution is 0.0885. The Bertz CT molecular complexity index is 513. The number of piperidine rings is 1. The second-order valence-corrected chi connectivity index (χ2v) is 6.00. The number of carbonyl (C=O) groups excluding carboxylic acids is 1. The summed E-state index contributed by atoms with van der Waals surface area (Å²) >= 11 is 1.10. The van der Waals surface area contributed by atoms with Crippen LogP contribution in [0.15, 0.2) is 0 Å². The monoisotopic (exact) mass is 293 g/mol. The first-order valence-corrected chi connectivity index (χ1v) is 7.61. The van der Waals surface area contributed by atoms with E-state index in [0.717, 1.165) is 43.2 Å². The number of nitrogens with zero attached hydrogens (tertiary/aromatic N) is 4. The Morgan fingerprint density at radius 2 is 2.25 bits per heavy atom. The van der Waals surface area contributed by atoms with Crippen LogP contribution in [0.25, 0.3) is 0 Å². The van der Waals surface area contributed by atoms with Crippen LogP contribution < -0.4 is 5.32 Å². The Morgan fingerprint density at radius 3 is 2.85 bits per heavy atom. The van der Waals surface area contributed by atoms with E-state index in [2.05, 4.69) is 25.9 Å². The van der Waals surface area contributed by atoms with Crippen molar-refractivity contribution in [3.63, 3.8) is 0 Å². The van der Waals surface area contributed by atoms with Gasteiger partial charge in [-0.25, -0.2) is 0 Å². The first kappa shape index (κ1) is 14.9. The van der Waals surface area contributed by atoms with Gasteiger partial charge in [-0.2, -0.15) is 5.26 Å². The summed E-state index contributed by atoms with van der Waals surface area (Å²) in [6.07, 6.45) is 2.96. The molecule has 1 aliphatic rings. The normalized spacial score (nSPS) is 18.4. The summed E-state index contributed by atoms with van der Waals surface area (Å²) in [5.41, 5.74) is -0.0205. The molecule has 1 aliphatic heterocycles. The average Bonchev–Trinajstić information content (AvgIpc) is 2.90. The molecule has 0 aromatic carbocycles. The summed E-state index contributed by atoms with van der Waals surface area (Å²) in [5.74, 6) is -0.213. The molecule has 0 spiro atoms.